The van der Waals surface area contributed by atoms with Gasteiger partial charge in [0.25, 0.3) is 5.91 Å². The molecule has 1 N–H and O–H groups in total. The summed E-state index contributed by atoms with van der Waals surface area (Å²) in [5.74, 6) is -0.602. The number of benzene rings is 2. The van der Waals surface area contributed by atoms with Gasteiger partial charge in [0.15, 0.2) is 0 Å². The van der Waals surface area contributed by atoms with Gasteiger partial charge in [-0.1, -0.05) is 23.7 Å². The zero-order valence-corrected chi connectivity index (χ0v) is 12.7. The van der Waals surface area contributed by atoms with E-state index in [-0.39, 0.29) is 5.95 Å². The van der Waals surface area contributed by atoms with Crippen molar-refractivity contribution < 1.29 is 9.18 Å². The predicted molar refractivity (Wildman–Crippen MR) is 84.9 cm³/mol. The van der Waals surface area contributed by atoms with E-state index < -0.39 is 11.7 Å². The van der Waals surface area contributed by atoms with Crippen LogP contribution in [0, 0.1) is 5.82 Å². The number of anilines is 1. The molecule has 0 aliphatic heterocycles. The van der Waals surface area contributed by atoms with Gasteiger partial charge in [-0.25, -0.2) is 14.1 Å². The highest BCUT2D eigenvalue weighted by Crippen LogP contribution is 2.11. The Labute approximate surface area is 136 Å². The molecular weight excluding hydrogens is 319 g/mol. The molecule has 0 aliphatic carbocycles. The van der Waals surface area contributed by atoms with Gasteiger partial charge in [-0.2, -0.15) is 0 Å². The van der Waals surface area contributed by atoms with Gasteiger partial charge in [-0.15, -0.1) is 5.10 Å². The zero-order valence-electron chi connectivity index (χ0n) is 11.9. The van der Waals surface area contributed by atoms with Crippen molar-refractivity contribution in [3.63, 3.8) is 0 Å². The molecule has 0 spiro atoms. The lowest BCUT2D eigenvalue weighted by atomic mass is 10.2. The van der Waals surface area contributed by atoms with E-state index in [0.29, 0.717) is 17.1 Å². The molecule has 3 rings (SSSR count). The second-order valence-corrected chi connectivity index (χ2v) is 5.29. The Balaban J connectivity index is 1.66. The fraction of sp³-hybridized carbons (Fsp3) is 0.0625. The van der Waals surface area contributed by atoms with E-state index in [0.717, 1.165) is 5.56 Å². The van der Waals surface area contributed by atoms with Crippen LogP contribution >= 0.6 is 11.6 Å². The maximum absolute atomic E-state index is 12.8. The van der Waals surface area contributed by atoms with Crippen LogP contribution in [0.5, 0.6) is 0 Å². The quantitative estimate of drug-likeness (QED) is 0.798. The van der Waals surface area contributed by atoms with Crippen LogP contribution in [0.1, 0.15) is 15.9 Å². The van der Waals surface area contributed by atoms with Crippen LogP contribution in [-0.4, -0.2) is 20.7 Å². The Morgan fingerprint density at radius 3 is 2.52 bits per heavy atom. The molecule has 3 aromatic rings. The molecule has 23 heavy (non-hydrogen) atoms. The van der Waals surface area contributed by atoms with Crippen LogP contribution < -0.4 is 5.32 Å². The minimum atomic E-state index is -0.396. The maximum Gasteiger partial charge on any atom is 0.258 e. The van der Waals surface area contributed by atoms with E-state index in [4.69, 9.17) is 11.6 Å². The smallest absolute Gasteiger partial charge is 0.258 e. The van der Waals surface area contributed by atoms with Crippen LogP contribution in [0.4, 0.5) is 10.3 Å². The minimum absolute atomic E-state index is 0.188. The van der Waals surface area contributed by atoms with Crippen molar-refractivity contribution >= 4 is 23.5 Å². The van der Waals surface area contributed by atoms with Gasteiger partial charge < -0.3 is 0 Å². The number of aromatic nitrogens is 3. The third kappa shape index (κ3) is 3.92. The van der Waals surface area contributed by atoms with E-state index in [9.17, 15) is 9.18 Å². The molecule has 0 unspecified atom stereocenters. The topological polar surface area (TPSA) is 59.8 Å². The summed E-state index contributed by atoms with van der Waals surface area (Å²) in [6.45, 7) is 0.511. The fourth-order valence-corrected chi connectivity index (χ4v) is 2.11. The SMILES string of the molecule is O=C(Nc1ncn(Cc2ccc(Cl)cc2)n1)c1ccc(F)cc1. The number of halogens is 2. The molecule has 0 bridgehead atoms. The molecule has 0 saturated carbocycles. The van der Waals surface area contributed by atoms with Crippen molar-refractivity contribution in [1.82, 2.24) is 14.8 Å². The van der Waals surface area contributed by atoms with E-state index >= 15 is 0 Å². The first-order valence-corrected chi connectivity index (χ1v) is 7.19. The van der Waals surface area contributed by atoms with Gasteiger partial charge in [0, 0.05) is 10.6 Å². The van der Waals surface area contributed by atoms with E-state index in [2.05, 4.69) is 15.4 Å². The summed E-state index contributed by atoms with van der Waals surface area (Å²) in [5, 5.41) is 7.41. The average molecular weight is 331 g/mol. The monoisotopic (exact) mass is 330 g/mol. The van der Waals surface area contributed by atoms with Gasteiger partial charge in [-0.05, 0) is 42.0 Å². The van der Waals surface area contributed by atoms with Gasteiger partial charge >= 0.3 is 0 Å². The highest BCUT2D eigenvalue weighted by atomic mass is 35.5. The number of nitrogens with one attached hydrogen (secondary N) is 1. The highest BCUT2D eigenvalue weighted by molar-refractivity contribution is 6.30. The average Bonchev–Trinajstić information content (AvgIpc) is 2.97. The highest BCUT2D eigenvalue weighted by Gasteiger charge is 2.09. The van der Waals surface area contributed by atoms with E-state index in [1.54, 1.807) is 16.8 Å². The van der Waals surface area contributed by atoms with E-state index in [1.807, 2.05) is 12.1 Å². The number of nitrogens with zero attached hydrogens (tertiary/aromatic N) is 3. The molecule has 1 aromatic heterocycles. The largest absolute Gasteiger partial charge is 0.289 e. The lowest BCUT2D eigenvalue weighted by molar-refractivity contribution is 0.102. The molecule has 0 fully saturated rings. The van der Waals surface area contributed by atoms with Crippen molar-refractivity contribution in [2.45, 2.75) is 6.54 Å². The Morgan fingerprint density at radius 1 is 1.13 bits per heavy atom. The molecule has 2 aromatic carbocycles. The van der Waals surface area contributed by atoms with E-state index in [1.165, 1.54) is 30.6 Å². The summed E-state index contributed by atoms with van der Waals surface area (Å²) in [7, 11) is 0. The molecule has 5 nitrogen and oxygen atoms in total. The van der Waals surface area contributed by atoms with Gasteiger partial charge in [0.1, 0.15) is 12.1 Å². The molecule has 7 heteroatoms. The zero-order chi connectivity index (χ0) is 16.2. The number of rotatable bonds is 4. The van der Waals surface area contributed by atoms with Crippen molar-refractivity contribution in [3.8, 4) is 0 Å². The normalized spacial score (nSPS) is 10.5. The van der Waals surface area contributed by atoms with Crippen LogP contribution in [0.15, 0.2) is 54.9 Å². The second kappa shape index (κ2) is 6.58. The molecule has 116 valence electrons. The first-order chi connectivity index (χ1) is 11.1. The molecule has 0 saturated heterocycles. The van der Waals surface area contributed by atoms with Crippen LogP contribution in [0.25, 0.3) is 0 Å². The Hall–Kier alpha value is -2.73. The second-order valence-electron chi connectivity index (χ2n) is 4.85. The summed E-state index contributed by atoms with van der Waals surface area (Å²) in [6.07, 6.45) is 1.52. The Kier molecular flexibility index (Phi) is 4.34. The molecule has 0 radical (unpaired) electrons. The maximum atomic E-state index is 12.8. The Morgan fingerprint density at radius 2 is 1.83 bits per heavy atom. The summed E-state index contributed by atoms with van der Waals surface area (Å²) >= 11 is 5.84. The van der Waals surface area contributed by atoms with Gasteiger partial charge in [0.05, 0.1) is 6.54 Å². The van der Waals surface area contributed by atoms with Gasteiger partial charge in [0.2, 0.25) is 5.95 Å². The minimum Gasteiger partial charge on any atom is -0.289 e. The lowest BCUT2D eigenvalue weighted by Crippen LogP contribution is -2.13. The van der Waals surface area contributed by atoms with Crippen molar-refractivity contribution in [2.24, 2.45) is 0 Å². The molecule has 0 atom stereocenters. The third-order valence-electron chi connectivity index (χ3n) is 3.13. The molecule has 1 amide bonds. The van der Waals surface area contributed by atoms with Gasteiger partial charge in [-0.3, -0.25) is 10.1 Å². The number of amides is 1. The number of carbonyl (C=O) groups is 1. The number of carbonyl (C=O) groups excluding carboxylic acids is 1. The summed E-state index contributed by atoms with van der Waals surface area (Å²) in [6, 6.07) is 12.6. The molecule has 0 aliphatic rings. The van der Waals surface area contributed by atoms with Crippen molar-refractivity contribution in [2.75, 3.05) is 5.32 Å². The number of hydrogen-bond acceptors (Lipinski definition) is 3. The number of hydrogen-bond donors (Lipinski definition) is 1. The standard InChI is InChI=1S/C16H12ClFN4O/c17-13-5-1-11(2-6-13)9-22-10-19-16(21-22)20-15(23)12-3-7-14(18)8-4-12/h1-8,10H,9H2,(H,20,21,23). The summed E-state index contributed by atoms with van der Waals surface area (Å²) in [4.78, 5) is 16.0. The first kappa shape index (κ1) is 15.2. The van der Waals surface area contributed by atoms with Crippen molar-refractivity contribution in [3.05, 3.63) is 76.8 Å². The van der Waals surface area contributed by atoms with Crippen LogP contribution in [0.2, 0.25) is 5.02 Å². The first-order valence-electron chi connectivity index (χ1n) is 6.81. The lowest BCUT2D eigenvalue weighted by Gasteiger charge is -2.02. The van der Waals surface area contributed by atoms with Crippen LogP contribution in [0.3, 0.4) is 0 Å². The summed E-state index contributed by atoms with van der Waals surface area (Å²) in [5.41, 5.74) is 1.34. The molecule has 1 heterocycles. The van der Waals surface area contributed by atoms with Crippen LogP contribution in [-0.2, 0) is 6.54 Å². The fourth-order valence-electron chi connectivity index (χ4n) is 1.98. The third-order valence-corrected chi connectivity index (χ3v) is 3.38. The molecular formula is C16H12ClFN4O. The van der Waals surface area contributed by atoms with Crippen molar-refractivity contribution in [1.29, 1.82) is 0 Å². The predicted octanol–water partition coefficient (Wildman–Crippen LogP) is 3.37. The summed E-state index contributed by atoms with van der Waals surface area (Å²) < 4.78 is 14.4. The Bertz CT molecular complexity index is 815.